The van der Waals surface area contributed by atoms with Crippen molar-refractivity contribution in [2.45, 2.75) is 0 Å². The van der Waals surface area contributed by atoms with Crippen LogP contribution in [0.5, 0.6) is 5.75 Å². The van der Waals surface area contributed by atoms with E-state index in [2.05, 4.69) is 0 Å². The molecule has 1 aromatic rings. The van der Waals surface area contributed by atoms with Gasteiger partial charge in [-0.3, -0.25) is 5.41 Å². The van der Waals surface area contributed by atoms with Gasteiger partial charge in [0.15, 0.2) is 11.4 Å². The summed E-state index contributed by atoms with van der Waals surface area (Å²) in [6.07, 6.45) is 3.71. The summed E-state index contributed by atoms with van der Waals surface area (Å²) < 4.78 is 5.01. The van der Waals surface area contributed by atoms with E-state index < -0.39 is 0 Å². The zero-order chi connectivity index (χ0) is 11.3. The molecule has 0 spiro atoms. The molecule has 0 aliphatic heterocycles. The maximum absolute atomic E-state index is 8.90. The van der Waals surface area contributed by atoms with Crippen molar-refractivity contribution in [3.63, 3.8) is 0 Å². The molecule has 15 heavy (non-hydrogen) atoms. The normalized spacial score (nSPS) is 9.13. The number of amidine groups is 1. The summed E-state index contributed by atoms with van der Waals surface area (Å²) >= 11 is 1.22. The van der Waals surface area contributed by atoms with Gasteiger partial charge in [0, 0.05) is 0 Å². The molecule has 1 aromatic carbocycles. The molecule has 0 bridgehead atoms. The van der Waals surface area contributed by atoms with Crippen LogP contribution in [0.25, 0.3) is 0 Å². The smallest absolute Gasteiger partial charge is 0.191 e. The third kappa shape index (κ3) is 2.64. The summed E-state index contributed by atoms with van der Waals surface area (Å²) in [6.45, 7) is 0. The number of nitriles is 1. The summed E-state index contributed by atoms with van der Waals surface area (Å²) in [7, 11) is 1.58. The minimum atomic E-state index is 0.197. The van der Waals surface area contributed by atoms with Crippen molar-refractivity contribution in [1.29, 1.82) is 10.7 Å². The molecule has 0 aliphatic rings. The number of thioether (sulfide) groups is 1. The number of benzene rings is 1. The number of rotatable bonds is 2. The fraction of sp³-hybridized carbons (Fsp3) is 0.200. The lowest BCUT2D eigenvalue weighted by molar-refractivity contribution is 0.415. The van der Waals surface area contributed by atoms with Gasteiger partial charge in [0.1, 0.15) is 5.75 Å². The maximum atomic E-state index is 8.90. The van der Waals surface area contributed by atoms with E-state index in [9.17, 15) is 0 Å². The van der Waals surface area contributed by atoms with Crippen LogP contribution >= 0.6 is 11.8 Å². The molecule has 1 rings (SSSR count). The van der Waals surface area contributed by atoms with Crippen molar-refractivity contribution >= 4 is 22.6 Å². The van der Waals surface area contributed by atoms with E-state index in [4.69, 9.17) is 15.4 Å². The summed E-state index contributed by atoms with van der Waals surface area (Å²) in [6, 6.07) is 7.00. The summed E-state index contributed by atoms with van der Waals surface area (Å²) in [4.78, 5) is 1.25. The van der Waals surface area contributed by atoms with Crippen LogP contribution in [0.3, 0.4) is 0 Å². The third-order valence-corrected chi connectivity index (χ3v) is 2.40. The van der Waals surface area contributed by atoms with Gasteiger partial charge in [0.25, 0.3) is 0 Å². The first-order valence-corrected chi connectivity index (χ1v) is 5.42. The molecule has 0 unspecified atom stereocenters. The first-order chi connectivity index (χ1) is 7.22. The van der Waals surface area contributed by atoms with Crippen molar-refractivity contribution in [3.05, 3.63) is 24.3 Å². The van der Waals surface area contributed by atoms with Gasteiger partial charge in [-0.1, -0.05) is 11.8 Å². The lowest BCUT2D eigenvalue weighted by Gasteiger charge is -2.14. The van der Waals surface area contributed by atoms with Crippen molar-refractivity contribution in [2.75, 3.05) is 18.3 Å². The Bertz CT molecular complexity index is 383. The van der Waals surface area contributed by atoms with Gasteiger partial charge in [-0.05, 0) is 30.5 Å². The van der Waals surface area contributed by atoms with Crippen LogP contribution in [-0.4, -0.2) is 18.5 Å². The van der Waals surface area contributed by atoms with Gasteiger partial charge in [-0.15, -0.1) is 0 Å². The van der Waals surface area contributed by atoms with Gasteiger partial charge >= 0.3 is 0 Å². The van der Waals surface area contributed by atoms with Gasteiger partial charge in [-0.25, -0.2) is 4.90 Å². The Morgan fingerprint density at radius 1 is 1.47 bits per heavy atom. The highest BCUT2D eigenvalue weighted by Crippen LogP contribution is 2.20. The second-order valence-electron chi connectivity index (χ2n) is 2.64. The molecule has 0 saturated heterocycles. The summed E-state index contributed by atoms with van der Waals surface area (Å²) in [5.41, 5.74) is 0.664. The number of nitrogens with zero attached hydrogens (tertiary/aromatic N) is 2. The zero-order valence-electron chi connectivity index (χ0n) is 8.52. The van der Waals surface area contributed by atoms with E-state index in [1.54, 1.807) is 37.6 Å². The first-order valence-electron chi connectivity index (χ1n) is 4.19. The molecule has 4 nitrogen and oxygen atoms in total. The highest BCUT2D eigenvalue weighted by atomic mass is 32.2. The second kappa shape index (κ2) is 5.27. The van der Waals surface area contributed by atoms with E-state index in [1.807, 2.05) is 6.19 Å². The van der Waals surface area contributed by atoms with Crippen molar-refractivity contribution < 1.29 is 4.74 Å². The van der Waals surface area contributed by atoms with Gasteiger partial charge in [0.2, 0.25) is 0 Å². The largest absolute Gasteiger partial charge is 0.497 e. The molecule has 5 heteroatoms. The van der Waals surface area contributed by atoms with Crippen molar-refractivity contribution in [3.8, 4) is 11.9 Å². The molecule has 0 aliphatic carbocycles. The van der Waals surface area contributed by atoms with E-state index in [1.165, 1.54) is 16.7 Å². The van der Waals surface area contributed by atoms with E-state index in [0.717, 1.165) is 5.75 Å². The first kappa shape index (κ1) is 11.4. The number of hydrogen-bond donors (Lipinski definition) is 1. The monoisotopic (exact) mass is 221 g/mol. The van der Waals surface area contributed by atoms with Crippen LogP contribution in [0, 0.1) is 16.9 Å². The molecule has 0 fully saturated rings. The average Bonchev–Trinajstić information content (AvgIpc) is 2.30. The number of methoxy groups -OCH3 is 1. The number of hydrogen-bond acceptors (Lipinski definition) is 4. The van der Waals surface area contributed by atoms with Crippen LogP contribution in [0.2, 0.25) is 0 Å². The molecule has 0 saturated carbocycles. The SMILES string of the molecule is COc1ccc(N(C#N)C(=N)SC)cc1. The van der Waals surface area contributed by atoms with Crippen LogP contribution in [0.15, 0.2) is 24.3 Å². The van der Waals surface area contributed by atoms with Crippen LogP contribution in [0.1, 0.15) is 0 Å². The van der Waals surface area contributed by atoms with Crippen LogP contribution in [0.4, 0.5) is 5.69 Å². The van der Waals surface area contributed by atoms with Gasteiger partial charge in [0.05, 0.1) is 12.8 Å². The number of ether oxygens (including phenoxy) is 1. The molecular weight excluding hydrogens is 210 g/mol. The predicted molar refractivity (Wildman–Crippen MR) is 62.3 cm³/mol. The maximum Gasteiger partial charge on any atom is 0.191 e. The molecule has 0 aromatic heterocycles. The molecular formula is C10H11N3OS. The lowest BCUT2D eigenvalue weighted by Crippen LogP contribution is -2.21. The lowest BCUT2D eigenvalue weighted by atomic mass is 10.3. The average molecular weight is 221 g/mol. The van der Waals surface area contributed by atoms with Crippen LogP contribution < -0.4 is 9.64 Å². The molecule has 0 radical (unpaired) electrons. The molecule has 0 heterocycles. The quantitative estimate of drug-likeness (QED) is 0.360. The third-order valence-electron chi connectivity index (χ3n) is 1.83. The topological polar surface area (TPSA) is 60.1 Å². The highest BCUT2D eigenvalue weighted by molar-refractivity contribution is 8.13. The van der Waals surface area contributed by atoms with Crippen molar-refractivity contribution in [2.24, 2.45) is 0 Å². The standard InChI is InChI=1S/C10H11N3OS/c1-14-9-5-3-8(4-6-9)13(7-11)10(12)15-2/h3-6,12H,1-2H3. The van der Waals surface area contributed by atoms with E-state index in [-0.39, 0.29) is 5.17 Å². The Hall–Kier alpha value is -1.67. The number of nitrogens with one attached hydrogen (secondary N) is 1. The minimum Gasteiger partial charge on any atom is -0.497 e. The Labute approximate surface area is 93.0 Å². The van der Waals surface area contributed by atoms with Gasteiger partial charge in [-0.2, -0.15) is 5.26 Å². The predicted octanol–water partition coefficient (Wildman–Crippen LogP) is 2.28. The highest BCUT2D eigenvalue weighted by Gasteiger charge is 2.10. The zero-order valence-corrected chi connectivity index (χ0v) is 9.34. The molecule has 0 atom stereocenters. The van der Waals surface area contributed by atoms with Crippen LogP contribution in [-0.2, 0) is 0 Å². The fourth-order valence-electron chi connectivity index (χ4n) is 1.04. The fourth-order valence-corrected chi connectivity index (χ4v) is 1.37. The minimum absolute atomic E-state index is 0.197. The second-order valence-corrected chi connectivity index (χ2v) is 3.44. The molecule has 1 N–H and O–H groups in total. The molecule has 78 valence electrons. The summed E-state index contributed by atoms with van der Waals surface area (Å²) in [5, 5.41) is 16.7. The Morgan fingerprint density at radius 3 is 2.47 bits per heavy atom. The Kier molecular flexibility index (Phi) is 4.01. The van der Waals surface area contributed by atoms with Crippen molar-refractivity contribution in [1.82, 2.24) is 0 Å². The Morgan fingerprint density at radius 2 is 2.07 bits per heavy atom. The van der Waals surface area contributed by atoms with Gasteiger partial charge < -0.3 is 4.74 Å². The molecule has 0 amide bonds. The summed E-state index contributed by atoms with van der Waals surface area (Å²) in [5.74, 6) is 0.729. The van der Waals surface area contributed by atoms with E-state index in [0.29, 0.717) is 5.69 Å². The number of anilines is 1. The Balaban J connectivity index is 2.94. The van der Waals surface area contributed by atoms with E-state index >= 15 is 0 Å².